The van der Waals surface area contributed by atoms with Crippen LogP contribution in [-0.2, 0) is 9.47 Å². The summed E-state index contributed by atoms with van der Waals surface area (Å²) in [4.78, 5) is 0. The molecule has 1 unspecified atom stereocenters. The van der Waals surface area contributed by atoms with Gasteiger partial charge in [0, 0.05) is 6.61 Å². The van der Waals surface area contributed by atoms with Crippen LogP contribution in [-0.4, -0.2) is 50.3 Å². The molecular formula is C34H52O5. The predicted molar refractivity (Wildman–Crippen MR) is 153 cm³/mol. The maximum Gasteiger partial charge on any atom is 0.119 e. The van der Waals surface area contributed by atoms with Crippen molar-refractivity contribution in [3.05, 3.63) is 24.3 Å². The zero-order chi connectivity index (χ0) is 27.0. The number of rotatable bonds is 0. The van der Waals surface area contributed by atoms with Gasteiger partial charge in [-0.2, -0.15) is 0 Å². The number of benzene rings is 1. The number of hydrogen-bond donors (Lipinski definition) is 1. The van der Waals surface area contributed by atoms with Gasteiger partial charge in [-0.15, -0.1) is 0 Å². The molecule has 39 heavy (non-hydrogen) atoms. The molecular weight excluding hydrogens is 488 g/mol. The first-order chi connectivity index (χ1) is 18.9. The lowest BCUT2D eigenvalue weighted by atomic mass is 9.43. The Labute approximate surface area is 236 Å². The largest absolute Gasteiger partial charge is 0.491 e. The molecule has 10 rings (SSSR count). The Kier molecular flexibility index (Phi) is 8.23. The first-order valence-corrected chi connectivity index (χ1v) is 16.1. The van der Waals surface area contributed by atoms with Crippen molar-refractivity contribution in [2.24, 2.45) is 46.3 Å². The summed E-state index contributed by atoms with van der Waals surface area (Å²) in [5, 5.41) is 11.9. The van der Waals surface area contributed by atoms with Crippen LogP contribution in [0.3, 0.4) is 0 Å². The van der Waals surface area contributed by atoms with Crippen molar-refractivity contribution < 1.29 is 24.1 Å². The van der Waals surface area contributed by atoms with E-state index in [1.165, 1.54) is 44.9 Å². The fourth-order valence-electron chi connectivity index (χ4n) is 10.3. The van der Waals surface area contributed by atoms with E-state index in [0.717, 1.165) is 43.3 Å². The third-order valence-electron chi connectivity index (χ3n) is 12.5. The molecule has 0 amide bonds. The fourth-order valence-corrected chi connectivity index (χ4v) is 10.3. The van der Waals surface area contributed by atoms with Crippen LogP contribution in [0.25, 0.3) is 0 Å². The highest BCUT2D eigenvalue weighted by Gasteiger charge is 2.63. The van der Waals surface area contributed by atoms with Crippen LogP contribution < -0.4 is 9.47 Å². The van der Waals surface area contributed by atoms with E-state index in [9.17, 15) is 5.11 Å². The van der Waals surface area contributed by atoms with E-state index >= 15 is 0 Å². The van der Waals surface area contributed by atoms with Crippen LogP contribution in [0.1, 0.15) is 85.0 Å². The highest BCUT2D eigenvalue weighted by Crippen LogP contribution is 2.68. The van der Waals surface area contributed by atoms with Crippen molar-refractivity contribution in [3.63, 3.8) is 0 Å². The van der Waals surface area contributed by atoms with Crippen LogP contribution in [0.5, 0.6) is 11.5 Å². The van der Waals surface area contributed by atoms with Crippen molar-refractivity contribution in [1.82, 2.24) is 0 Å². The summed E-state index contributed by atoms with van der Waals surface area (Å²) in [5.74, 6) is 5.79. The molecule has 10 atom stereocenters. The highest BCUT2D eigenvalue weighted by molar-refractivity contribution is 5.31. The molecule has 1 N–H and O–H groups in total. The summed E-state index contributed by atoms with van der Waals surface area (Å²) in [6.45, 7) is 10.7. The first kappa shape index (κ1) is 27.8. The van der Waals surface area contributed by atoms with E-state index in [1.54, 1.807) is 0 Å². The minimum Gasteiger partial charge on any atom is -0.491 e. The molecule has 0 saturated heterocycles. The van der Waals surface area contributed by atoms with E-state index in [0.29, 0.717) is 67.5 Å². The van der Waals surface area contributed by atoms with Gasteiger partial charge in [0.15, 0.2) is 0 Å². The Bertz CT molecular complexity index is 949. The Morgan fingerprint density at radius 3 is 2.23 bits per heavy atom. The second kappa shape index (κ2) is 11.5. The lowest BCUT2D eigenvalue weighted by Crippen LogP contribution is -2.59. The number of hydrogen-bond acceptors (Lipinski definition) is 5. The van der Waals surface area contributed by atoms with Crippen LogP contribution in [0.15, 0.2) is 24.3 Å². The molecule has 0 spiro atoms. The van der Waals surface area contributed by atoms with E-state index in [1.807, 2.05) is 24.3 Å². The quantitative estimate of drug-likeness (QED) is 0.388. The predicted octanol–water partition coefficient (Wildman–Crippen LogP) is 6.91. The second-order valence-electron chi connectivity index (χ2n) is 14.1. The molecule has 0 radical (unpaired) electrons. The summed E-state index contributed by atoms with van der Waals surface area (Å²) in [6.07, 6.45) is 12.3. The molecule has 9 aliphatic rings. The molecule has 1 aromatic rings. The zero-order valence-corrected chi connectivity index (χ0v) is 24.6. The van der Waals surface area contributed by atoms with E-state index in [2.05, 4.69) is 20.8 Å². The average molecular weight is 541 g/mol. The van der Waals surface area contributed by atoms with E-state index in [-0.39, 0.29) is 11.5 Å². The van der Waals surface area contributed by atoms with Crippen molar-refractivity contribution in [2.45, 2.75) is 97.2 Å². The van der Waals surface area contributed by atoms with Gasteiger partial charge >= 0.3 is 0 Å². The van der Waals surface area contributed by atoms with Gasteiger partial charge in [-0.3, -0.25) is 0 Å². The maximum atomic E-state index is 11.9. The minimum absolute atomic E-state index is 0.0699. The summed E-state index contributed by atoms with van der Waals surface area (Å²) in [5.41, 5.74) is 0.416. The number of aliphatic hydroxyl groups excluding tert-OH is 1. The van der Waals surface area contributed by atoms with E-state index in [4.69, 9.17) is 18.9 Å². The van der Waals surface area contributed by atoms with Crippen LogP contribution in [0.2, 0.25) is 0 Å². The first-order valence-electron chi connectivity index (χ1n) is 16.1. The lowest BCUT2D eigenvalue weighted by Gasteiger charge is -2.62. The molecule has 4 aliphatic carbocycles. The maximum absolute atomic E-state index is 11.9. The smallest absolute Gasteiger partial charge is 0.119 e. The van der Waals surface area contributed by atoms with Gasteiger partial charge in [-0.25, -0.2) is 0 Å². The van der Waals surface area contributed by atoms with Crippen molar-refractivity contribution >= 4 is 0 Å². The van der Waals surface area contributed by atoms with Gasteiger partial charge in [0.1, 0.15) is 24.7 Å². The molecule has 0 aromatic heterocycles. The normalized spacial score (nSPS) is 45.3. The Morgan fingerprint density at radius 1 is 0.744 bits per heavy atom. The van der Waals surface area contributed by atoms with Gasteiger partial charge in [0.05, 0.1) is 25.4 Å². The van der Waals surface area contributed by atoms with Gasteiger partial charge < -0.3 is 24.1 Å². The SMILES string of the molecule is C[C@@H]1CCCOCCOc2ccc(cc2)OCCO[C@@H]2CC[C@@]3(C)C(CC[C@H]4[C@@H]5CC[C@H]1[C@@]5(C)[C@@H](O)C[C@@H]43)C2. The third kappa shape index (κ3) is 5.26. The third-order valence-corrected chi connectivity index (χ3v) is 12.5. The fraction of sp³-hybridized carbons (Fsp3) is 0.824. The van der Waals surface area contributed by atoms with Crippen LogP contribution in [0.4, 0.5) is 0 Å². The average Bonchev–Trinajstić information content (AvgIpc) is 3.30. The van der Waals surface area contributed by atoms with Crippen LogP contribution in [0, 0.1) is 46.3 Å². The molecule has 4 saturated carbocycles. The summed E-state index contributed by atoms with van der Waals surface area (Å²) in [6, 6.07) is 7.88. The Morgan fingerprint density at radius 2 is 1.46 bits per heavy atom. The molecule has 5 heterocycles. The van der Waals surface area contributed by atoms with Crippen molar-refractivity contribution in [2.75, 3.05) is 33.0 Å². The highest BCUT2D eigenvalue weighted by atomic mass is 16.5. The zero-order valence-electron chi connectivity index (χ0n) is 24.6. The molecule has 10 bridgehead atoms. The summed E-state index contributed by atoms with van der Waals surface area (Å²) in [7, 11) is 0. The summed E-state index contributed by atoms with van der Waals surface area (Å²) < 4.78 is 24.1. The second-order valence-corrected chi connectivity index (χ2v) is 14.1. The van der Waals surface area contributed by atoms with Gasteiger partial charge in [-0.1, -0.05) is 20.8 Å². The van der Waals surface area contributed by atoms with Gasteiger partial charge in [0.25, 0.3) is 0 Å². The molecule has 1 aromatic carbocycles. The number of aliphatic hydroxyl groups is 1. The van der Waals surface area contributed by atoms with Crippen molar-refractivity contribution in [1.29, 1.82) is 0 Å². The van der Waals surface area contributed by atoms with Crippen LogP contribution >= 0.6 is 0 Å². The minimum atomic E-state index is -0.170. The molecule has 5 heteroatoms. The molecule has 4 fully saturated rings. The lowest BCUT2D eigenvalue weighted by molar-refractivity contribution is -0.178. The standard InChI is InChI=1S/C34H52O5/c1-23-5-4-16-36-17-18-37-25-7-9-26(10-8-25)38-19-20-39-27-14-15-33(2)24(21-27)6-11-28-30-13-12-29(23)34(30,3)32(35)22-31(28)33/h7-10,23-24,27-32,35H,4-6,11-22H2,1-3H3/t23-,24?,27-,28+,29-,30+,31+,32+,33+,34-/m1/s1. The molecule has 5 aliphatic heterocycles. The molecule has 218 valence electrons. The van der Waals surface area contributed by atoms with Gasteiger partial charge in [-0.05, 0) is 135 Å². The molecule has 5 nitrogen and oxygen atoms in total. The summed E-state index contributed by atoms with van der Waals surface area (Å²) >= 11 is 0. The number of ether oxygens (including phenoxy) is 4. The van der Waals surface area contributed by atoms with E-state index < -0.39 is 0 Å². The van der Waals surface area contributed by atoms with Gasteiger partial charge in [0.2, 0.25) is 0 Å². The topological polar surface area (TPSA) is 57.2 Å². The monoisotopic (exact) mass is 540 g/mol. The van der Waals surface area contributed by atoms with Crippen molar-refractivity contribution in [3.8, 4) is 11.5 Å². The Hall–Kier alpha value is -1.30. The Balaban J connectivity index is 1.18.